The van der Waals surface area contributed by atoms with E-state index in [0.717, 1.165) is 12.8 Å². The first-order valence-electron chi connectivity index (χ1n) is 3.05. The summed E-state index contributed by atoms with van der Waals surface area (Å²) in [5.74, 6) is 0. The summed E-state index contributed by atoms with van der Waals surface area (Å²) < 4.78 is 0. The minimum absolute atomic E-state index is 0. The maximum atomic E-state index is 7.88. The molecule has 0 saturated heterocycles. The van der Waals surface area contributed by atoms with E-state index in [9.17, 15) is 0 Å². The van der Waals surface area contributed by atoms with E-state index in [2.05, 4.69) is 0 Å². The van der Waals surface area contributed by atoms with E-state index in [-0.39, 0.29) is 40.7 Å². The summed E-state index contributed by atoms with van der Waals surface area (Å²) in [7, 11) is 0. The first-order valence-corrected chi connectivity index (χ1v) is 3.05. The Bertz CT molecular complexity index is 20.1. The van der Waals surface area contributed by atoms with Crippen molar-refractivity contribution in [2.75, 3.05) is 13.2 Å². The molecule has 0 aromatic heterocycles. The molecular weight excluding hydrogens is 307 g/mol. The van der Waals surface area contributed by atoms with Crippen molar-refractivity contribution in [3.8, 4) is 0 Å². The van der Waals surface area contributed by atoms with Crippen molar-refractivity contribution in [1.82, 2.24) is 0 Å². The summed E-state index contributed by atoms with van der Waals surface area (Å²) >= 11 is 0. The minimum atomic E-state index is 0. The number of aliphatic hydroxyl groups is 2. The largest absolute Gasteiger partial charge is 0.396 e. The molecule has 72 valence electrons. The molecule has 2 nitrogen and oxygen atoms in total. The zero-order valence-electron chi connectivity index (χ0n) is 8.22. The molecule has 0 saturated carbocycles. The second-order valence-corrected chi connectivity index (χ2v) is 1.45. The first kappa shape index (κ1) is 29.8. The van der Waals surface area contributed by atoms with Gasteiger partial charge in [-0.2, -0.15) is 0 Å². The summed E-state index contributed by atoms with van der Waals surface area (Å²) in [5, 5.41) is 15.8. The Kier molecular flexibility index (Phi) is 122. The van der Waals surface area contributed by atoms with Gasteiger partial charge in [-0.25, -0.2) is 0 Å². The average Bonchev–Trinajstić information content (AvgIpc) is 1.88. The summed E-state index contributed by atoms with van der Waals surface area (Å²) in [6.07, 6.45) is 1.75. The van der Waals surface area contributed by atoms with E-state index in [1.165, 1.54) is 0 Å². The van der Waals surface area contributed by atoms with Crippen LogP contribution < -0.4 is 0 Å². The fourth-order valence-corrected chi connectivity index (χ4v) is 0. The number of hydrogen-bond acceptors (Lipinski definition) is 2. The number of aliphatic hydroxyl groups excluding tert-OH is 2. The van der Waals surface area contributed by atoms with Crippen LogP contribution >= 0.6 is 0 Å². The van der Waals surface area contributed by atoms with Gasteiger partial charge in [0.25, 0.3) is 0 Å². The monoisotopic (exact) mass is 330 g/mol. The van der Waals surface area contributed by atoms with Crippen molar-refractivity contribution in [3.05, 3.63) is 14.9 Å². The predicted molar refractivity (Wildman–Crippen MR) is 47.6 cm³/mol. The van der Waals surface area contributed by atoms with Gasteiger partial charge in [-0.05, 0) is 12.8 Å². The van der Waals surface area contributed by atoms with E-state index in [0.29, 0.717) is 13.2 Å². The Morgan fingerprint density at radius 1 is 0.818 bits per heavy atom. The van der Waals surface area contributed by atoms with Crippen LogP contribution in [-0.4, -0.2) is 23.4 Å². The van der Waals surface area contributed by atoms with Gasteiger partial charge in [0.15, 0.2) is 0 Å². The summed E-state index contributed by atoms with van der Waals surface area (Å²) in [6, 6.07) is 0. The van der Waals surface area contributed by atoms with Crippen LogP contribution in [0.1, 0.15) is 26.7 Å². The van der Waals surface area contributed by atoms with Crippen LogP contribution in [0.3, 0.4) is 0 Å². The van der Waals surface area contributed by atoms with Crippen molar-refractivity contribution >= 4 is 0 Å². The van der Waals surface area contributed by atoms with Crippen molar-refractivity contribution in [3.63, 3.8) is 0 Å². The van der Waals surface area contributed by atoms with E-state index < -0.39 is 0 Å². The molecule has 0 bridgehead atoms. The van der Waals surface area contributed by atoms with Gasteiger partial charge < -0.3 is 25.1 Å². The first-order chi connectivity index (χ1) is 3.83. The second-order valence-electron chi connectivity index (χ2n) is 1.45. The molecule has 0 unspecified atom stereocenters. The van der Waals surface area contributed by atoms with Crippen LogP contribution in [0.15, 0.2) is 0 Å². The minimum Gasteiger partial charge on any atom is -0.396 e. The molecule has 0 amide bonds. The van der Waals surface area contributed by atoms with Gasteiger partial charge in [0.1, 0.15) is 0 Å². The van der Waals surface area contributed by atoms with E-state index in [1.54, 1.807) is 0 Å². The quantitative estimate of drug-likeness (QED) is 0.598. The second kappa shape index (κ2) is 45.1. The summed E-state index contributed by atoms with van der Waals surface area (Å²) in [6.45, 7) is 4.50. The van der Waals surface area contributed by atoms with E-state index in [1.807, 2.05) is 13.8 Å². The average molecular weight is 329 g/mol. The van der Waals surface area contributed by atoms with Crippen LogP contribution in [0.2, 0.25) is 0 Å². The van der Waals surface area contributed by atoms with Crippen LogP contribution in [0, 0.1) is 14.9 Å². The van der Waals surface area contributed by atoms with Crippen molar-refractivity contribution in [2.45, 2.75) is 26.7 Å². The van der Waals surface area contributed by atoms with Gasteiger partial charge in [-0.1, -0.05) is 13.8 Å². The summed E-state index contributed by atoms with van der Waals surface area (Å²) in [4.78, 5) is 0. The maximum Gasteiger partial charge on any atom is 0.0428 e. The Labute approximate surface area is 90.8 Å². The SMILES string of the molecule is CCCO.CCCO.[CH3-].[CH3-].[Hf]. The van der Waals surface area contributed by atoms with Crippen molar-refractivity contribution < 1.29 is 36.1 Å². The zero-order valence-corrected chi connectivity index (χ0v) is 11.8. The molecule has 11 heavy (non-hydrogen) atoms. The van der Waals surface area contributed by atoms with Crippen LogP contribution in [0.4, 0.5) is 0 Å². The van der Waals surface area contributed by atoms with Crippen molar-refractivity contribution in [1.29, 1.82) is 0 Å². The van der Waals surface area contributed by atoms with Gasteiger partial charge in [-0.15, -0.1) is 0 Å². The molecule has 3 heteroatoms. The number of rotatable bonds is 2. The van der Waals surface area contributed by atoms with Crippen molar-refractivity contribution in [2.24, 2.45) is 0 Å². The smallest absolute Gasteiger partial charge is 0.0428 e. The van der Waals surface area contributed by atoms with Gasteiger partial charge in [0, 0.05) is 39.1 Å². The topological polar surface area (TPSA) is 40.5 Å². The van der Waals surface area contributed by atoms with Gasteiger partial charge >= 0.3 is 0 Å². The molecule has 0 fully saturated rings. The Balaban J connectivity index is -0.0000000171. The van der Waals surface area contributed by atoms with E-state index in [4.69, 9.17) is 10.2 Å². The van der Waals surface area contributed by atoms with Crippen LogP contribution in [-0.2, 0) is 25.8 Å². The molecule has 0 atom stereocenters. The van der Waals surface area contributed by atoms with Crippen LogP contribution in [0.5, 0.6) is 0 Å². The molecule has 0 heterocycles. The Morgan fingerprint density at radius 2 is 0.909 bits per heavy atom. The van der Waals surface area contributed by atoms with Gasteiger partial charge in [0.05, 0.1) is 0 Å². The van der Waals surface area contributed by atoms with Gasteiger partial charge in [0.2, 0.25) is 0 Å². The fraction of sp³-hybridized carbons (Fsp3) is 0.750. The molecule has 0 aromatic rings. The molecule has 0 spiro atoms. The Morgan fingerprint density at radius 3 is 0.909 bits per heavy atom. The standard InChI is InChI=1S/2C3H8O.2CH3.Hf/c2*1-2-3-4;;;/h2*4H,2-3H2,1H3;2*1H3;/q;;2*-1;. The third-order valence-corrected chi connectivity index (χ3v) is 0.447. The normalized spacial score (nSPS) is 5.45. The molecule has 0 aliphatic rings. The van der Waals surface area contributed by atoms with Gasteiger partial charge in [-0.3, -0.25) is 0 Å². The molecular formula is C8H22HfO2-2. The molecule has 2 N–H and O–H groups in total. The van der Waals surface area contributed by atoms with E-state index >= 15 is 0 Å². The molecule has 0 aromatic carbocycles. The zero-order chi connectivity index (χ0) is 6.83. The molecule has 0 aliphatic carbocycles. The third-order valence-electron chi connectivity index (χ3n) is 0.447. The molecule has 0 rings (SSSR count). The number of hydrogen-bond donors (Lipinski definition) is 2. The molecule has 0 radical (unpaired) electrons. The van der Waals surface area contributed by atoms with Crippen LogP contribution in [0.25, 0.3) is 0 Å². The predicted octanol–water partition coefficient (Wildman–Crippen LogP) is 1.68. The third kappa shape index (κ3) is 107. The Hall–Kier alpha value is 0.790. The summed E-state index contributed by atoms with van der Waals surface area (Å²) in [5.41, 5.74) is 0. The molecule has 0 aliphatic heterocycles. The fourth-order valence-electron chi connectivity index (χ4n) is 0. The maximum absolute atomic E-state index is 7.88.